The lowest BCUT2D eigenvalue weighted by Gasteiger charge is -2.21. The van der Waals surface area contributed by atoms with Crippen molar-refractivity contribution in [3.05, 3.63) is 65.5 Å². The van der Waals surface area contributed by atoms with Crippen molar-refractivity contribution in [3.8, 4) is 0 Å². The number of ketones is 1. The second-order valence-electron chi connectivity index (χ2n) is 4.35. The van der Waals surface area contributed by atoms with Gasteiger partial charge in [-0.1, -0.05) is 36.4 Å². The summed E-state index contributed by atoms with van der Waals surface area (Å²) in [5, 5.41) is 28.4. The minimum atomic E-state index is -2.12. The molecule has 0 aromatic heterocycles. The average molecular weight is 258 g/mol. The molecule has 0 radical (unpaired) electrons. The third-order valence-corrected chi connectivity index (χ3v) is 2.75. The van der Waals surface area contributed by atoms with Crippen LogP contribution < -0.4 is 0 Å². The predicted molar refractivity (Wildman–Crippen MR) is 71.1 cm³/mol. The van der Waals surface area contributed by atoms with Crippen LogP contribution in [0.15, 0.2) is 59.9 Å². The first-order valence-electron chi connectivity index (χ1n) is 5.81. The first-order valence-corrected chi connectivity index (χ1v) is 5.81. The van der Waals surface area contributed by atoms with E-state index in [2.05, 4.69) is 0 Å². The maximum atomic E-state index is 11.6. The summed E-state index contributed by atoms with van der Waals surface area (Å²) >= 11 is 0. The molecule has 98 valence electrons. The molecule has 0 bridgehead atoms. The molecule has 2 rings (SSSR count). The van der Waals surface area contributed by atoms with Gasteiger partial charge in [-0.2, -0.15) is 0 Å². The van der Waals surface area contributed by atoms with E-state index in [9.17, 15) is 20.1 Å². The minimum absolute atomic E-state index is 0.0749. The average Bonchev–Trinajstić information content (AvgIpc) is 2.36. The number of aliphatic hydroxyl groups is 3. The van der Waals surface area contributed by atoms with E-state index < -0.39 is 18.0 Å². The predicted octanol–water partition coefficient (Wildman–Crippen LogP) is 1.72. The summed E-state index contributed by atoms with van der Waals surface area (Å²) in [4.78, 5) is 11.6. The van der Waals surface area contributed by atoms with Gasteiger partial charge in [-0.15, -0.1) is 0 Å². The fourth-order valence-corrected chi connectivity index (χ4v) is 1.76. The van der Waals surface area contributed by atoms with E-state index in [1.165, 1.54) is 12.2 Å². The zero-order valence-corrected chi connectivity index (χ0v) is 10.2. The quantitative estimate of drug-likeness (QED) is 0.429. The number of Topliss-reactive ketones (excluding diaryl/α,β-unsaturated/α-hetero) is 1. The van der Waals surface area contributed by atoms with E-state index in [1.807, 2.05) is 30.3 Å². The normalized spacial score (nSPS) is 20.8. The molecule has 1 aromatic carbocycles. The van der Waals surface area contributed by atoms with Gasteiger partial charge in [-0.05, 0) is 23.8 Å². The highest BCUT2D eigenvalue weighted by Gasteiger charge is 2.30. The number of allylic oxidation sites excluding steroid dienone is 3. The van der Waals surface area contributed by atoms with Crippen LogP contribution in [0.3, 0.4) is 0 Å². The molecule has 0 atom stereocenters. The van der Waals surface area contributed by atoms with Crippen LogP contribution in [0.1, 0.15) is 12.0 Å². The van der Waals surface area contributed by atoms with Crippen molar-refractivity contribution in [1.29, 1.82) is 0 Å². The first kappa shape index (κ1) is 13.3. The summed E-state index contributed by atoms with van der Waals surface area (Å²) < 4.78 is 0. The van der Waals surface area contributed by atoms with Crippen molar-refractivity contribution < 1.29 is 20.1 Å². The van der Waals surface area contributed by atoms with E-state index in [4.69, 9.17) is 0 Å². The summed E-state index contributed by atoms with van der Waals surface area (Å²) in [6.45, 7) is 0. The molecule has 4 heteroatoms. The van der Waals surface area contributed by atoms with Crippen LogP contribution >= 0.6 is 0 Å². The van der Waals surface area contributed by atoms with E-state index >= 15 is 0 Å². The van der Waals surface area contributed by atoms with Crippen LogP contribution in [0.25, 0.3) is 6.08 Å². The molecule has 0 heterocycles. The number of hydrogen-bond donors (Lipinski definition) is 3. The Kier molecular flexibility index (Phi) is 3.64. The molecule has 0 fully saturated rings. The van der Waals surface area contributed by atoms with E-state index in [1.54, 1.807) is 6.08 Å². The molecule has 3 N–H and O–H groups in total. The van der Waals surface area contributed by atoms with Gasteiger partial charge in [0.1, 0.15) is 5.76 Å². The van der Waals surface area contributed by atoms with Gasteiger partial charge in [0.05, 0.1) is 12.0 Å². The number of benzene rings is 1. The Morgan fingerprint density at radius 2 is 1.89 bits per heavy atom. The number of carbonyl (C=O) groups is 1. The summed E-state index contributed by atoms with van der Waals surface area (Å²) in [6.07, 6.45) is 4.92. The Bertz CT molecular complexity index is 565. The second kappa shape index (κ2) is 5.22. The summed E-state index contributed by atoms with van der Waals surface area (Å²) in [5.74, 6) is -2.83. The van der Waals surface area contributed by atoms with Gasteiger partial charge in [0.15, 0.2) is 11.6 Å². The van der Waals surface area contributed by atoms with Crippen molar-refractivity contribution in [3.63, 3.8) is 0 Å². The molecule has 1 aliphatic carbocycles. The van der Waals surface area contributed by atoms with Crippen molar-refractivity contribution in [2.24, 2.45) is 0 Å². The topological polar surface area (TPSA) is 77.8 Å². The molecule has 1 aliphatic rings. The van der Waals surface area contributed by atoms with Crippen LogP contribution in [0, 0.1) is 0 Å². The van der Waals surface area contributed by atoms with E-state index in [0.29, 0.717) is 0 Å². The molecule has 19 heavy (non-hydrogen) atoms. The molecule has 4 nitrogen and oxygen atoms in total. The van der Waals surface area contributed by atoms with Gasteiger partial charge >= 0.3 is 0 Å². The van der Waals surface area contributed by atoms with Crippen molar-refractivity contribution in [2.75, 3.05) is 0 Å². The highest BCUT2D eigenvalue weighted by Crippen LogP contribution is 2.22. The molecule has 0 amide bonds. The summed E-state index contributed by atoms with van der Waals surface area (Å²) in [6, 6.07) is 9.33. The zero-order valence-electron chi connectivity index (χ0n) is 10.2. The largest absolute Gasteiger partial charge is 0.507 e. The number of rotatable bonds is 2. The molecule has 0 saturated heterocycles. The van der Waals surface area contributed by atoms with Gasteiger partial charge in [0.2, 0.25) is 0 Å². The monoisotopic (exact) mass is 258 g/mol. The fourth-order valence-electron chi connectivity index (χ4n) is 1.76. The Morgan fingerprint density at radius 1 is 1.21 bits per heavy atom. The van der Waals surface area contributed by atoms with Gasteiger partial charge < -0.3 is 15.3 Å². The third-order valence-electron chi connectivity index (χ3n) is 2.75. The van der Waals surface area contributed by atoms with Crippen LogP contribution in [-0.4, -0.2) is 26.9 Å². The zero-order chi connectivity index (χ0) is 13.9. The van der Waals surface area contributed by atoms with Gasteiger partial charge in [-0.25, -0.2) is 0 Å². The van der Waals surface area contributed by atoms with E-state index in [0.717, 1.165) is 11.6 Å². The third kappa shape index (κ3) is 3.40. The molecule has 0 spiro atoms. The Labute approximate surface area is 110 Å². The van der Waals surface area contributed by atoms with Crippen molar-refractivity contribution in [1.82, 2.24) is 0 Å². The molecular formula is C15H14O4. The summed E-state index contributed by atoms with van der Waals surface area (Å²) in [5.41, 5.74) is 0.964. The summed E-state index contributed by atoms with van der Waals surface area (Å²) in [7, 11) is 0. The lowest BCUT2D eigenvalue weighted by molar-refractivity contribution is -0.144. The molecule has 1 aromatic rings. The van der Waals surface area contributed by atoms with Crippen LogP contribution in [0.4, 0.5) is 0 Å². The molecular weight excluding hydrogens is 244 g/mol. The number of hydrogen-bond acceptors (Lipinski definition) is 4. The van der Waals surface area contributed by atoms with Gasteiger partial charge in [0.25, 0.3) is 0 Å². The fraction of sp³-hybridized carbons (Fsp3) is 0.133. The standard InChI is InChI=1S/C15H14O4/c16-13(7-6-11-4-2-1-3-5-11)12-8-9-15(18,19)10-14(12)17/h1-9,16,18-19H,10H2/b7-6?,13-12-. The molecule has 0 saturated carbocycles. The Hall–Kier alpha value is -2.17. The SMILES string of the molecule is O=C1CC(O)(O)C=C/C1=C(/O)C=Cc1ccccc1. The maximum Gasteiger partial charge on any atom is 0.190 e. The van der Waals surface area contributed by atoms with E-state index in [-0.39, 0.29) is 11.3 Å². The first-order chi connectivity index (χ1) is 8.98. The van der Waals surface area contributed by atoms with Gasteiger partial charge in [0, 0.05) is 0 Å². The highest BCUT2D eigenvalue weighted by atomic mass is 16.5. The Morgan fingerprint density at radius 3 is 2.53 bits per heavy atom. The number of aliphatic hydroxyl groups excluding tert-OH is 1. The Balaban J connectivity index is 2.24. The molecule has 0 unspecified atom stereocenters. The maximum absolute atomic E-state index is 11.6. The van der Waals surface area contributed by atoms with Crippen LogP contribution in [0.2, 0.25) is 0 Å². The van der Waals surface area contributed by atoms with Crippen LogP contribution in [0.5, 0.6) is 0 Å². The lowest BCUT2D eigenvalue weighted by Crippen LogP contribution is -2.32. The number of carbonyl (C=O) groups excluding carboxylic acids is 1. The minimum Gasteiger partial charge on any atom is -0.507 e. The van der Waals surface area contributed by atoms with Crippen molar-refractivity contribution >= 4 is 11.9 Å². The van der Waals surface area contributed by atoms with Gasteiger partial charge in [-0.3, -0.25) is 4.79 Å². The van der Waals surface area contributed by atoms with Crippen LogP contribution in [-0.2, 0) is 4.79 Å². The van der Waals surface area contributed by atoms with Crippen molar-refractivity contribution in [2.45, 2.75) is 12.2 Å². The lowest BCUT2D eigenvalue weighted by atomic mass is 9.94. The highest BCUT2D eigenvalue weighted by molar-refractivity contribution is 6.00. The second-order valence-corrected chi connectivity index (χ2v) is 4.35. The molecule has 0 aliphatic heterocycles. The smallest absolute Gasteiger partial charge is 0.190 e.